The first kappa shape index (κ1) is 27.3. The minimum Gasteiger partial charge on any atom is -0.368 e. The van der Waals surface area contributed by atoms with E-state index in [4.69, 9.17) is 0 Å². The molecule has 3 aromatic rings. The smallest absolute Gasteiger partial charge is 0.261 e. The van der Waals surface area contributed by atoms with Gasteiger partial charge in [0.2, 0.25) is 5.95 Å². The molecule has 2 aromatic heterocycles. The Labute approximate surface area is 230 Å². The van der Waals surface area contributed by atoms with Gasteiger partial charge in [-0.1, -0.05) is 18.2 Å². The van der Waals surface area contributed by atoms with Crippen molar-refractivity contribution in [2.24, 2.45) is 0 Å². The lowest BCUT2D eigenvalue weighted by molar-refractivity contribution is 0.0785. The van der Waals surface area contributed by atoms with Crippen LogP contribution >= 0.6 is 0 Å². The highest BCUT2D eigenvalue weighted by Crippen LogP contribution is 2.32. The van der Waals surface area contributed by atoms with Gasteiger partial charge in [-0.2, -0.15) is 5.10 Å². The van der Waals surface area contributed by atoms with Gasteiger partial charge >= 0.3 is 0 Å². The van der Waals surface area contributed by atoms with Gasteiger partial charge in [-0.15, -0.1) is 0 Å². The molecule has 1 atom stereocenters. The van der Waals surface area contributed by atoms with Crippen molar-refractivity contribution in [2.45, 2.75) is 44.9 Å². The first-order valence-electron chi connectivity index (χ1n) is 13.5. The summed E-state index contributed by atoms with van der Waals surface area (Å²) in [5.41, 5.74) is 4.85. The lowest BCUT2D eigenvalue weighted by atomic mass is 10.0. The highest BCUT2D eigenvalue weighted by atomic mass is 32.2. The van der Waals surface area contributed by atoms with Gasteiger partial charge in [0.05, 0.1) is 17.5 Å². The van der Waals surface area contributed by atoms with E-state index in [-0.39, 0.29) is 17.2 Å². The number of aromatic nitrogens is 4. The average Bonchev–Trinajstić information content (AvgIpc) is 3.27. The van der Waals surface area contributed by atoms with Gasteiger partial charge < -0.3 is 9.80 Å². The van der Waals surface area contributed by atoms with Crippen molar-refractivity contribution < 1.29 is 13.2 Å². The van der Waals surface area contributed by atoms with Crippen LogP contribution in [-0.2, 0) is 9.84 Å². The van der Waals surface area contributed by atoms with Crippen molar-refractivity contribution in [3.63, 3.8) is 0 Å². The van der Waals surface area contributed by atoms with E-state index < -0.39 is 9.84 Å². The van der Waals surface area contributed by atoms with E-state index in [9.17, 15) is 13.2 Å². The summed E-state index contributed by atoms with van der Waals surface area (Å²) in [6.45, 7) is 9.97. The van der Waals surface area contributed by atoms with Crippen molar-refractivity contribution in [3.8, 4) is 11.1 Å². The van der Waals surface area contributed by atoms with Gasteiger partial charge in [0, 0.05) is 79.9 Å². The normalized spacial score (nSPS) is 19.4. The predicted octanol–water partition coefficient (Wildman–Crippen LogP) is 2.82. The Morgan fingerprint density at radius 1 is 1.00 bits per heavy atom. The summed E-state index contributed by atoms with van der Waals surface area (Å²) in [6.07, 6.45) is 6.24. The Morgan fingerprint density at radius 3 is 2.31 bits per heavy atom. The number of sulfone groups is 1. The summed E-state index contributed by atoms with van der Waals surface area (Å²) in [7, 11) is -3.01. The van der Waals surface area contributed by atoms with Gasteiger partial charge in [-0.05, 0) is 45.7 Å². The molecule has 5 rings (SSSR count). The van der Waals surface area contributed by atoms with Gasteiger partial charge in [0.1, 0.15) is 9.84 Å². The Morgan fingerprint density at radius 2 is 1.69 bits per heavy atom. The number of carbonyl (C=O) groups excluding carboxylic acids is 1. The molecule has 2 aliphatic rings. The van der Waals surface area contributed by atoms with E-state index in [0.717, 1.165) is 47.8 Å². The van der Waals surface area contributed by atoms with Crippen LogP contribution in [0, 0.1) is 13.8 Å². The van der Waals surface area contributed by atoms with Crippen molar-refractivity contribution in [1.82, 2.24) is 24.6 Å². The number of piperidine rings is 1. The third-order valence-corrected chi connectivity index (χ3v) is 9.56. The molecule has 2 saturated heterocycles. The lowest BCUT2D eigenvalue weighted by Gasteiger charge is -2.41. The van der Waals surface area contributed by atoms with E-state index in [1.165, 1.54) is 10.9 Å². The molecule has 10 nitrogen and oxygen atoms in total. The molecule has 208 valence electrons. The molecule has 0 bridgehead atoms. The van der Waals surface area contributed by atoms with Gasteiger partial charge in [0.25, 0.3) is 5.91 Å². The molecule has 11 heteroatoms. The fourth-order valence-electron chi connectivity index (χ4n) is 5.67. The Hall–Kier alpha value is -3.31. The minimum atomic E-state index is -3.01. The number of para-hydroxylation sites is 1. The summed E-state index contributed by atoms with van der Waals surface area (Å²) < 4.78 is 25.3. The first-order chi connectivity index (χ1) is 18.6. The monoisotopic (exact) mass is 551 g/mol. The highest BCUT2D eigenvalue weighted by Gasteiger charge is 2.29. The van der Waals surface area contributed by atoms with Crippen molar-refractivity contribution in [2.75, 3.05) is 55.3 Å². The van der Waals surface area contributed by atoms with E-state index in [1.54, 1.807) is 0 Å². The Kier molecular flexibility index (Phi) is 7.73. The topological polar surface area (TPSA) is 105 Å². The Bertz CT molecular complexity index is 1430. The summed E-state index contributed by atoms with van der Waals surface area (Å²) in [4.78, 5) is 28.8. The molecule has 2 fully saturated rings. The molecule has 1 aromatic carbocycles. The lowest BCUT2D eigenvalue weighted by Crippen LogP contribution is -2.54. The number of aryl methyl sites for hydroxylation is 2. The quantitative estimate of drug-likeness (QED) is 0.457. The van der Waals surface area contributed by atoms with Crippen LogP contribution in [-0.4, -0.2) is 95.8 Å². The number of hydrogen-bond donors (Lipinski definition) is 0. The van der Waals surface area contributed by atoms with Crippen LogP contribution in [0.15, 0.2) is 42.7 Å². The number of piperazine rings is 1. The summed E-state index contributed by atoms with van der Waals surface area (Å²) in [6, 6.07) is 10.4. The molecule has 4 heterocycles. The van der Waals surface area contributed by atoms with Crippen molar-refractivity contribution in [1.29, 1.82) is 0 Å². The number of benzene rings is 1. The zero-order valence-corrected chi connectivity index (χ0v) is 23.9. The Balaban J connectivity index is 1.25. The number of nitrogens with zero attached hydrogens (tertiary/aromatic N) is 7. The second-order valence-corrected chi connectivity index (χ2v) is 13.1. The van der Waals surface area contributed by atoms with Crippen LogP contribution in [0.1, 0.15) is 35.9 Å². The maximum Gasteiger partial charge on any atom is 0.261 e. The van der Waals surface area contributed by atoms with E-state index in [2.05, 4.69) is 48.8 Å². The molecule has 39 heavy (non-hydrogen) atoms. The molecule has 0 N–H and O–H groups in total. The SMILES string of the molecule is Cc1cc(C)n(C(=O)CN2CCN(c3ccccc3-c3cnc(N4CCC(S(C)(=O)=O)CC4)nc3)CC2C)n1. The second kappa shape index (κ2) is 11.1. The maximum atomic E-state index is 12.9. The third-order valence-electron chi connectivity index (χ3n) is 7.87. The zero-order valence-electron chi connectivity index (χ0n) is 23.1. The fourth-order valence-corrected chi connectivity index (χ4v) is 6.74. The van der Waals surface area contributed by atoms with E-state index in [0.29, 0.717) is 38.4 Å². The number of hydrogen-bond acceptors (Lipinski definition) is 9. The van der Waals surface area contributed by atoms with Crippen LogP contribution in [0.2, 0.25) is 0 Å². The molecule has 0 radical (unpaired) electrons. The van der Waals surface area contributed by atoms with Gasteiger partial charge in [-0.3, -0.25) is 9.69 Å². The molecule has 1 unspecified atom stereocenters. The minimum absolute atomic E-state index is 0.000849. The van der Waals surface area contributed by atoms with Crippen molar-refractivity contribution in [3.05, 3.63) is 54.1 Å². The predicted molar refractivity (Wildman–Crippen MR) is 153 cm³/mol. The van der Waals surface area contributed by atoms with Crippen LogP contribution in [0.25, 0.3) is 11.1 Å². The van der Waals surface area contributed by atoms with Crippen molar-refractivity contribution >= 4 is 27.4 Å². The second-order valence-electron chi connectivity index (χ2n) is 10.8. The van der Waals surface area contributed by atoms with Crippen LogP contribution in [0.4, 0.5) is 11.6 Å². The molecular weight excluding hydrogens is 514 g/mol. The molecule has 0 spiro atoms. The highest BCUT2D eigenvalue weighted by molar-refractivity contribution is 7.91. The van der Waals surface area contributed by atoms with Crippen LogP contribution < -0.4 is 9.80 Å². The third kappa shape index (κ3) is 5.99. The maximum absolute atomic E-state index is 12.9. The number of carbonyl (C=O) groups is 1. The van der Waals surface area contributed by atoms with Gasteiger partial charge in [-0.25, -0.2) is 23.1 Å². The fraction of sp³-hybridized carbons (Fsp3) is 0.500. The number of anilines is 2. The molecule has 0 saturated carbocycles. The van der Waals surface area contributed by atoms with Crippen LogP contribution in [0.5, 0.6) is 0 Å². The first-order valence-corrected chi connectivity index (χ1v) is 15.5. The van der Waals surface area contributed by atoms with Crippen LogP contribution in [0.3, 0.4) is 0 Å². The standard InChI is InChI=1S/C28H37N7O3S/c1-20-15-21(2)35(31-20)27(36)19-33-13-14-34(18-22(33)3)26-8-6-5-7-25(26)23-16-29-28(30-17-23)32-11-9-24(10-12-32)39(4,37)38/h5-8,15-17,22,24H,9-14,18-19H2,1-4H3. The number of rotatable bonds is 6. The largest absolute Gasteiger partial charge is 0.368 e. The zero-order chi connectivity index (χ0) is 27.7. The van der Waals surface area contributed by atoms with E-state index in [1.807, 2.05) is 44.4 Å². The molecule has 0 amide bonds. The molecule has 0 aliphatic carbocycles. The summed E-state index contributed by atoms with van der Waals surface area (Å²) >= 11 is 0. The van der Waals surface area contributed by atoms with E-state index >= 15 is 0 Å². The average molecular weight is 552 g/mol. The molecular formula is C28H37N7O3S. The molecule has 2 aliphatic heterocycles. The van der Waals surface area contributed by atoms with Gasteiger partial charge in [0.15, 0.2) is 0 Å². The summed E-state index contributed by atoms with van der Waals surface area (Å²) in [5, 5.41) is 4.07. The summed E-state index contributed by atoms with van der Waals surface area (Å²) in [5.74, 6) is 0.636.